The Kier molecular flexibility index (Phi) is 6.47. The van der Waals surface area contributed by atoms with Crippen molar-refractivity contribution in [1.82, 2.24) is 10.2 Å². The monoisotopic (exact) mass is 266 g/mol. The smallest absolute Gasteiger partial charge is 0.0706 e. The van der Waals surface area contributed by atoms with Gasteiger partial charge < -0.3 is 5.11 Å². The zero-order valence-electron chi connectivity index (χ0n) is 10.6. The van der Waals surface area contributed by atoms with Crippen LogP contribution in [0.15, 0.2) is 31.0 Å². The minimum atomic E-state index is -0.0285. The lowest BCUT2D eigenvalue weighted by molar-refractivity contribution is 0.283. The normalized spacial score (nSPS) is 9.94. The molecular weight excluding hydrogens is 248 g/mol. The predicted octanol–water partition coefficient (Wildman–Crippen LogP) is 4.07. The van der Waals surface area contributed by atoms with E-state index in [0.29, 0.717) is 5.02 Å². The van der Waals surface area contributed by atoms with Gasteiger partial charge in [0.15, 0.2) is 0 Å². The van der Waals surface area contributed by atoms with Gasteiger partial charge in [-0.2, -0.15) is 5.10 Å². The van der Waals surface area contributed by atoms with E-state index >= 15 is 0 Å². The third-order valence-corrected chi connectivity index (χ3v) is 2.75. The molecule has 1 aromatic carbocycles. The molecule has 0 atom stereocenters. The number of aromatic amines is 1. The highest BCUT2D eigenvalue weighted by Gasteiger charge is 2.03. The van der Waals surface area contributed by atoms with E-state index in [1.807, 2.05) is 6.08 Å². The summed E-state index contributed by atoms with van der Waals surface area (Å²) in [5.41, 5.74) is 1.62. The van der Waals surface area contributed by atoms with E-state index in [2.05, 4.69) is 23.7 Å². The number of unbranched alkanes of at least 4 members (excludes halogenated alkanes) is 2. The Balaban J connectivity index is 0.000000232. The number of aromatic nitrogens is 2. The molecule has 1 heterocycles. The molecule has 98 valence electrons. The Morgan fingerprint density at radius 3 is 2.83 bits per heavy atom. The second-order valence-corrected chi connectivity index (χ2v) is 4.42. The lowest BCUT2D eigenvalue weighted by Crippen LogP contribution is -1.85. The van der Waals surface area contributed by atoms with E-state index < -0.39 is 0 Å². The molecule has 0 spiro atoms. The molecule has 18 heavy (non-hydrogen) atoms. The second kappa shape index (κ2) is 7.90. The van der Waals surface area contributed by atoms with Gasteiger partial charge in [-0.1, -0.05) is 37.4 Å². The van der Waals surface area contributed by atoms with Crippen molar-refractivity contribution in [1.29, 1.82) is 0 Å². The number of hydrogen-bond donors (Lipinski definition) is 2. The summed E-state index contributed by atoms with van der Waals surface area (Å²) in [6.07, 6.45) is 7.40. The largest absolute Gasteiger partial charge is 0.392 e. The summed E-state index contributed by atoms with van der Waals surface area (Å²) in [4.78, 5) is 0. The molecule has 0 fully saturated rings. The molecule has 2 aromatic rings. The quantitative estimate of drug-likeness (QED) is 0.647. The molecule has 2 N–H and O–H groups in total. The maximum atomic E-state index is 8.97. The number of halogens is 1. The SMILES string of the molecule is C=CCCCC.OCc1cc(Cl)cc2cn[nH]c12. The first-order valence-corrected chi connectivity index (χ1v) is 6.44. The first kappa shape index (κ1) is 14.7. The summed E-state index contributed by atoms with van der Waals surface area (Å²) in [6, 6.07) is 3.53. The van der Waals surface area contributed by atoms with Gasteiger partial charge in [-0.05, 0) is 18.6 Å². The van der Waals surface area contributed by atoms with E-state index in [0.717, 1.165) is 16.5 Å². The first-order valence-electron chi connectivity index (χ1n) is 6.06. The number of H-pyrrole nitrogens is 1. The number of fused-ring (bicyclic) bond motifs is 1. The molecular formula is C14H19ClN2O. The van der Waals surface area contributed by atoms with E-state index in [4.69, 9.17) is 16.7 Å². The van der Waals surface area contributed by atoms with Gasteiger partial charge in [-0.25, -0.2) is 0 Å². The van der Waals surface area contributed by atoms with Gasteiger partial charge in [0.05, 0.1) is 18.3 Å². The summed E-state index contributed by atoms with van der Waals surface area (Å²) >= 11 is 5.81. The highest BCUT2D eigenvalue weighted by atomic mass is 35.5. The number of rotatable bonds is 4. The van der Waals surface area contributed by atoms with Crippen LogP contribution in [0.3, 0.4) is 0 Å². The lowest BCUT2D eigenvalue weighted by atomic mass is 10.1. The first-order chi connectivity index (χ1) is 8.72. The van der Waals surface area contributed by atoms with Crippen molar-refractivity contribution in [2.24, 2.45) is 0 Å². The van der Waals surface area contributed by atoms with Gasteiger partial charge in [0.2, 0.25) is 0 Å². The molecule has 0 amide bonds. The molecule has 0 aliphatic carbocycles. The average Bonchev–Trinajstić information content (AvgIpc) is 2.84. The average molecular weight is 267 g/mol. The highest BCUT2D eigenvalue weighted by molar-refractivity contribution is 6.31. The van der Waals surface area contributed by atoms with Gasteiger partial charge in [0, 0.05) is 16.0 Å². The Hall–Kier alpha value is -1.32. The number of aliphatic hydroxyl groups is 1. The zero-order valence-corrected chi connectivity index (χ0v) is 11.4. The molecule has 3 nitrogen and oxygen atoms in total. The molecule has 0 aliphatic rings. The van der Waals surface area contributed by atoms with Crippen LogP contribution in [0.1, 0.15) is 31.7 Å². The van der Waals surface area contributed by atoms with E-state index in [9.17, 15) is 0 Å². The van der Waals surface area contributed by atoms with Crippen molar-refractivity contribution in [3.05, 3.63) is 41.6 Å². The number of hydrogen-bond acceptors (Lipinski definition) is 2. The molecule has 0 radical (unpaired) electrons. The Morgan fingerprint density at radius 2 is 2.28 bits per heavy atom. The summed E-state index contributed by atoms with van der Waals surface area (Å²) in [5.74, 6) is 0. The van der Waals surface area contributed by atoms with Gasteiger partial charge in [0.1, 0.15) is 0 Å². The van der Waals surface area contributed by atoms with Gasteiger partial charge in [-0.3, -0.25) is 5.10 Å². The molecule has 1 aromatic heterocycles. The third-order valence-electron chi connectivity index (χ3n) is 2.53. The Bertz CT molecular complexity index is 493. The second-order valence-electron chi connectivity index (χ2n) is 3.99. The Morgan fingerprint density at radius 1 is 1.50 bits per heavy atom. The predicted molar refractivity (Wildman–Crippen MR) is 76.7 cm³/mol. The van der Waals surface area contributed by atoms with Crippen molar-refractivity contribution in [3.8, 4) is 0 Å². The van der Waals surface area contributed by atoms with Crippen LogP contribution in [-0.2, 0) is 6.61 Å². The lowest BCUT2D eigenvalue weighted by Gasteiger charge is -1.98. The molecule has 0 saturated carbocycles. The summed E-state index contributed by atoms with van der Waals surface area (Å²) in [6.45, 7) is 5.75. The standard InChI is InChI=1S/C8H7ClN2O.C6H12/c9-7-1-5-3-10-11-8(5)6(2-7)4-12;1-3-5-6-4-2/h1-3,12H,4H2,(H,10,11);3H,1,4-6H2,2H3. The van der Waals surface area contributed by atoms with Crippen molar-refractivity contribution < 1.29 is 5.11 Å². The van der Waals surface area contributed by atoms with Crippen LogP contribution in [0.2, 0.25) is 5.02 Å². The molecule has 2 rings (SSSR count). The Labute approximate surface area is 112 Å². The van der Waals surface area contributed by atoms with E-state index in [1.54, 1.807) is 18.3 Å². The topological polar surface area (TPSA) is 48.9 Å². The van der Waals surface area contributed by atoms with Crippen LogP contribution in [0.4, 0.5) is 0 Å². The fourth-order valence-corrected chi connectivity index (χ4v) is 1.81. The van der Waals surface area contributed by atoms with E-state index in [1.165, 1.54) is 19.3 Å². The zero-order chi connectivity index (χ0) is 13.4. The third kappa shape index (κ3) is 4.17. The number of allylic oxidation sites excluding steroid dienone is 1. The minimum Gasteiger partial charge on any atom is -0.392 e. The molecule has 0 aliphatic heterocycles. The molecule has 0 saturated heterocycles. The van der Waals surface area contributed by atoms with E-state index in [-0.39, 0.29) is 6.61 Å². The summed E-state index contributed by atoms with van der Waals surface area (Å²) < 4.78 is 0. The molecule has 0 unspecified atom stereocenters. The maximum Gasteiger partial charge on any atom is 0.0706 e. The van der Waals surface area contributed by atoms with Crippen molar-refractivity contribution in [2.45, 2.75) is 32.8 Å². The van der Waals surface area contributed by atoms with Crippen LogP contribution < -0.4 is 0 Å². The highest BCUT2D eigenvalue weighted by Crippen LogP contribution is 2.21. The van der Waals surface area contributed by atoms with Gasteiger partial charge >= 0.3 is 0 Å². The molecule has 0 bridgehead atoms. The van der Waals surface area contributed by atoms with Crippen LogP contribution in [0.5, 0.6) is 0 Å². The number of nitrogens with one attached hydrogen (secondary N) is 1. The maximum absolute atomic E-state index is 8.97. The van der Waals surface area contributed by atoms with Crippen molar-refractivity contribution in [3.63, 3.8) is 0 Å². The number of benzene rings is 1. The minimum absolute atomic E-state index is 0.0285. The van der Waals surface area contributed by atoms with Crippen molar-refractivity contribution >= 4 is 22.5 Å². The number of aliphatic hydroxyl groups excluding tert-OH is 1. The number of nitrogens with zero attached hydrogens (tertiary/aromatic N) is 1. The summed E-state index contributed by atoms with van der Waals surface area (Å²) in [7, 11) is 0. The fraction of sp³-hybridized carbons (Fsp3) is 0.357. The van der Waals surface area contributed by atoms with Crippen LogP contribution >= 0.6 is 11.6 Å². The summed E-state index contributed by atoms with van der Waals surface area (Å²) in [5, 5.41) is 17.2. The van der Waals surface area contributed by atoms with Crippen LogP contribution in [0, 0.1) is 0 Å². The van der Waals surface area contributed by atoms with Gasteiger partial charge in [0.25, 0.3) is 0 Å². The van der Waals surface area contributed by atoms with Crippen LogP contribution in [0.25, 0.3) is 10.9 Å². The molecule has 4 heteroatoms. The fourth-order valence-electron chi connectivity index (χ4n) is 1.56. The van der Waals surface area contributed by atoms with Crippen LogP contribution in [-0.4, -0.2) is 15.3 Å². The van der Waals surface area contributed by atoms with Crippen molar-refractivity contribution in [2.75, 3.05) is 0 Å². The van der Waals surface area contributed by atoms with Gasteiger partial charge in [-0.15, -0.1) is 6.58 Å².